The van der Waals surface area contributed by atoms with E-state index >= 15 is 0 Å². The molecule has 0 atom stereocenters. The fraction of sp³-hybridized carbons (Fsp3) is 0.214. The number of hydrogen-bond acceptors (Lipinski definition) is 10. The molecule has 8 nitrogen and oxygen atoms in total. The van der Waals surface area contributed by atoms with Crippen LogP contribution in [-0.4, -0.2) is 31.7 Å². The maximum absolute atomic E-state index is 5.78. The van der Waals surface area contributed by atoms with E-state index < -0.39 is 0 Å². The number of nitrogens with one attached hydrogen (secondary N) is 2. The van der Waals surface area contributed by atoms with Crippen molar-refractivity contribution in [3.63, 3.8) is 0 Å². The summed E-state index contributed by atoms with van der Waals surface area (Å²) in [6.45, 7) is 2.83. The standard InChI is InChI=1S/C14H16N8S2/c1-2-16-13-21-22-14(24-13)23-8-10-18-11(15)20-12(19-10)17-9-6-4-3-5-7-9/h3-7H,2,8H2,1H3,(H,16,21)(H3,15,17,18,19,20). The van der Waals surface area contributed by atoms with Crippen molar-refractivity contribution < 1.29 is 0 Å². The van der Waals surface area contributed by atoms with Gasteiger partial charge >= 0.3 is 0 Å². The second kappa shape index (κ2) is 7.88. The quantitative estimate of drug-likeness (QED) is 0.547. The van der Waals surface area contributed by atoms with Crippen molar-refractivity contribution in [3.8, 4) is 0 Å². The number of thioether (sulfide) groups is 1. The third-order valence-corrected chi connectivity index (χ3v) is 4.80. The van der Waals surface area contributed by atoms with E-state index in [2.05, 4.69) is 35.8 Å². The van der Waals surface area contributed by atoms with E-state index in [9.17, 15) is 0 Å². The second-order valence-corrected chi connectivity index (χ2v) is 6.82. The van der Waals surface area contributed by atoms with Gasteiger partial charge in [0.15, 0.2) is 4.34 Å². The van der Waals surface area contributed by atoms with E-state index in [4.69, 9.17) is 5.73 Å². The molecule has 0 radical (unpaired) electrons. The maximum atomic E-state index is 5.78. The minimum atomic E-state index is 0.185. The molecule has 2 aromatic heterocycles. The van der Waals surface area contributed by atoms with Crippen LogP contribution in [0.25, 0.3) is 0 Å². The first kappa shape index (κ1) is 16.4. The van der Waals surface area contributed by atoms with E-state index in [0.29, 0.717) is 17.5 Å². The summed E-state index contributed by atoms with van der Waals surface area (Å²) in [6, 6.07) is 9.66. The number of nitrogen functional groups attached to an aromatic ring is 1. The van der Waals surface area contributed by atoms with Crippen molar-refractivity contribution >= 4 is 45.8 Å². The van der Waals surface area contributed by atoms with Gasteiger partial charge in [-0.2, -0.15) is 15.0 Å². The Hall–Kier alpha value is -2.46. The van der Waals surface area contributed by atoms with E-state index in [-0.39, 0.29) is 5.95 Å². The van der Waals surface area contributed by atoms with Crippen LogP contribution in [0, 0.1) is 0 Å². The minimum Gasteiger partial charge on any atom is -0.368 e. The Morgan fingerprint density at radius 3 is 2.75 bits per heavy atom. The zero-order valence-corrected chi connectivity index (χ0v) is 14.6. The highest BCUT2D eigenvalue weighted by molar-refractivity contribution is 8.00. The Morgan fingerprint density at radius 1 is 1.12 bits per heavy atom. The lowest BCUT2D eigenvalue weighted by atomic mass is 10.3. The molecule has 0 unspecified atom stereocenters. The molecule has 0 saturated heterocycles. The molecule has 1 aromatic carbocycles. The average Bonchev–Trinajstić information content (AvgIpc) is 3.01. The first-order valence-electron chi connectivity index (χ1n) is 7.25. The highest BCUT2D eigenvalue weighted by atomic mass is 32.2. The molecular formula is C14H16N8S2. The molecule has 0 bridgehead atoms. The number of benzene rings is 1. The smallest absolute Gasteiger partial charge is 0.232 e. The monoisotopic (exact) mass is 360 g/mol. The molecule has 3 rings (SSSR count). The van der Waals surface area contributed by atoms with E-state index in [1.54, 1.807) is 0 Å². The fourth-order valence-electron chi connectivity index (χ4n) is 1.83. The molecule has 0 fully saturated rings. The Bertz CT molecular complexity index is 792. The van der Waals surface area contributed by atoms with Crippen LogP contribution >= 0.6 is 23.1 Å². The van der Waals surface area contributed by atoms with Gasteiger partial charge in [-0.15, -0.1) is 10.2 Å². The lowest BCUT2D eigenvalue weighted by molar-refractivity contribution is 0.974. The molecule has 0 aliphatic carbocycles. The zero-order valence-electron chi connectivity index (χ0n) is 12.9. The predicted octanol–water partition coefficient (Wildman–Crippen LogP) is 2.77. The van der Waals surface area contributed by atoms with Gasteiger partial charge in [0, 0.05) is 12.2 Å². The summed E-state index contributed by atoms with van der Waals surface area (Å²) in [5, 5.41) is 15.2. The highest BCUT2D eigenvalue weighted by Crippen LogP contribution is 2.27. The molecular weight excluding hydrogens is 344 g/mol. The van der Waals surface area contributed by atoms with Crippen LogP contribution in [0.5, 0.6) is 0 Å². The Labute approximate surface area is 147 Å². The maximum Gasteiger partial charge on any atom is 0.232 e. The van der Waals surface area contributed by atoms with Crippen LogP contribution in [0.15, 0.2) is 34.7 Å². The largest absolute Gasteiger partial charge is 0.368 e. The van der Waals surface area contributed by atoms with Crippen LogP contribution in [0.3, 0.4) is 0 Å². The number of nitrogens with two attached hydrogens (primary N) is 1. The Balaban J connectivity index is 1.66. The van der Waals surface area contributed by atoms with Crippen molar-refractivity contribution in [1.82, 2.24) is 25.1 Å². The summed E-state index contributed by atoms with van der Waals surface area (Å²) in [7, 11) is 0. The number of anilines is 4. The third-order valence-electron chi connectivity index (χ3n) is 2.79. The molecule has 0 spiro atoms. The summed E-state index contributed by atoms with van der Waals surface area (Å²) >= 11 is 3.01. The van der Waals surface area contributed by atoms with Gasteiger partial charge in [0.25, 0.3) is 0 Å². The van der Waals surface area contributed by atoms with E-state index in [1.807, 2.05) is 37.3 Å². The number of nitrogens with zero attached hydrogens (tertiary/aromatic N) is 5. The number of aromatic nitrogens is 5. The summed E-state index contributed by atoms with van der Waals surface area (Å²) in [5.74, 6) is 1.74. The molecule has 3 aromatic rings. The Morgan fingerprint density at radius 2 is 1.96 bits per heavy atom. The van der Waals surface area contributed by atoms with Crippen LogP contribution in [0.2, 0.25) is 0 Å². The molecule has 24 heavy (non-hydrogen) atoms. The van der Waals surface area contributed by atoms with Crippen LogP contribution in [-0.2, 0) is 5.75 Å². The van der Waals surface area contributed by atoms with Crippen LogP contribution in [0.4, 0.5) is 22.7 Å². The van der Waals surface area contributed by atoms with Gasteiger partial charge in [-0.25, -0.2) is 0 Å². The van der Waals surface area contributed by atoms with Gasteiger partial charge in [-0.05, 0) is 19.1 Å². The first-order valence-corrected chi connectivity index (χ1v) is 9.06. The van der Waals surface area contributed by atoms with Crippen LogP contribution in [0.1, 0.15) is 12.7 Å². The average molecular weight is 360 g/mol. The molecule has 2 heterocycles. The normalized spacial score (nSPS) is 10.5. The topological polar surface area (TPSA) is 115 Å². The lowest BCUT2D eigenvalue weighted by Crippen LogP contribution is -2.06. The van der Waals surface area contributed by atoms with Crippen molar-refractivity contribution in [2.45, 2.75) is 17.0 Å². The van der Waals surface area contributed by atoms with Crippen LogP contribution < -0.4 is 16.4 Å². The fourth-order valence-corrected chi connectivity index (χ4v) is 3.50. The zero-order chi connectivity index (χ0) is 16.8. The second-order valence-electron chi connectivity index (χ2n) is 4.62. The molecule has 0 saturated carbocycles. The molecule has 10 heteroatoms. The molecule has 0 amide bonds. The van der Waals surface area contributed by atoms with Crippen molar-refractivity contribution in [2.24, 2.45) is 0 Å². The number of para-hydroxylation sites is 1. The predicted molar refractivity (Wildman–Crippen MR) is 97.6 cm³/mol. The highest BCUT2D eigenvalue weighted by Gasteiger charge is 2.09. The van der Waals surface area contributed by atoms with E-state index in [0.717, 1.165) is 21.7 Å². The van der Waals surface area contributed by atoms with Crippen molar-refractivity contribution in [2.75, 3.05) is 22.9 Å². The summed E-state index contributed by atoms with van der Waals surface area (Å²) in [4.78, 5) is 12.7. The molecule has 0 aliphatic heterocycles. The summed E-state index contributed by atoms with van der Waals surface area (Å²) in [6.07, 6.45) is 0. The van der Waals surface area contributed by atoms with Gasteiger partial charge in [-0.1, -0.05) is 41.3 Å². The first-order chi connectivity index (χ1) is 11.7. The van der Waals surface area contributed by atoms with Gasteiger partial charge in [0.05, 0.1) is 5.75 Å². The number of hydrogen-bond donors (Lipinski definition) is 3. The van der Waals surface area contributed by atoms with Gasteiger partial charge < -0.3 is 16.4 Å². The minimum absolute atomic E-state index is 0.185. The van der Waals surface area contributed by atoms with Crippen molar-refractivity contribution in [1.29, 1.82) is 0 Å². The summed E-state index contributed by atoms with van der Waals surface area (Å²) in [5.41, 5.74) is 6.67. The van der Waals surface area contributed by atoms with Gasteiger partial charge in [-0.3, -0.25) is 0 Å². The SMILES string of the molecule is CCNc1nnc(SCc2nc(N)nc(Nc3ccccc3)n2)s1. The molecule has 4 N–H and O–H groups in total. The third kappa shape index (κ3) is 4.52. The summed E-state index contributed by atoms with van der Waals surface area (Å²) < 4.78 is 0.850. The molecule has 0 aliphatic rings. The molecule has 124 valence electrons. The van der Waals surface area contributed by atoms with Gasteiger partial charge in [0.1, 0.15) is 5.82 Å². The van der Waals surface area contributed by atoms with Gasteiger partial charge in [0.2, 0.25) is 17.0 Å². The lowest BCUT2D eigenvalue weighted by Gasteiger charge is -2.06. The Kier molecular flexibility index (Phi) is 5.39. The van der Waals surface area contributed by atoms with E-state index in [1.165, 1.54) is 23.1 Å². The number of rotatable bonds is 7. The van der Waals surface area contributed by atoms with Crippen molar-refractivity contribution in [3.05, 3.63) is 36.2 Å².